The average molecular weight is 423 g/mol. The van der Waals surface area contributed by atoms with Gasteiger partial charge in [0.2, 0.25) is 5.91 Å². The van der Waals surface area contributed by atoms with Gasteiger partial charge in [0.25, 0.3) is 5.69 Å². The predicted molar refractivity (Wildman–Crippen MR) is 112 cm³/mol. The molecule has 0 radical (unpaired) electrons. The molecule has 1 aromatic heterocycles. The summed E-state index contributed by atoms with van der Waals surface area (Å²) in [4.78, 5) is 30.4. The number of amides is 1. The van der Waals surface area contributed by atoms with Crippen molar-refractivity contribution in [3.63, 3.8) is 0 Å². The van der Waals surface area contributed by atoms with Crippen LogP contribution in [-0.2, 0) is 11.3 Å². The molecule has 2 heterocycles. The van der Waals surface area contributed by atoms with Crippen molar-refractivity contribution in [2.45, 2.75) is 13.5 Å². The Balaban J connectivity index is 1.50. The Labute approximate surface area is 173 Å². The lowest BCUT2D eigenvalue weighted by molar-refractivity contribution is -0.384. The van der Waals surface area contributed by atoms with E-state index in [4.69, 9.17) is 11.6 Å². The summed E-state index contributed by atoms with van der Waals surface area (Å²) in [5.74, 6) is 0.121. The van der Waals surface area contributed by atoms with E-state index in [0.717, 1.165) is 41.1 Å². The fourth-order valence-electron chi connectivity index (χ4n) is 3.24. The second-order valence-corrected chi connectivity index (χ2v) is 8.45. The van der Waals surface area contributed by atoms with Crippen LogP contribution in [0.3, 0.4) is 0 Å². The topological polar surface area (TPSA) is 69.9 Å². The molecule has 0 aliphatic carbocycles. The minimum atomic E-state index is -0.392. The van der Waals surface area contributed by atoms with Gasteiger partial charge < -0.3 is 9.80 Å². The van der Waals surface area contributed by atoms with Crippen LogP contribution in [0.4, 0.5) is 11.4 Å². The van der Waals surface area contributed by atoms with Crippen LogP contribution < -0.4 is 4.90 Å². The molecule has 1 aliphatic rings. The molecule has 7 nitrogen and oxygen atoms in total. The zero-order valence-corrected chi connectivity index (χ0v) is 17.3. The lowest BCUT2D eigenvalue weighted by Gasteiger charge is -2.36. The van der Waals surface area contributed by atoms with E-state index in [0.29, 0.717) is 19.6 Å². The maximum Gasteiger partial charge on any atom is 0.269 e. The number of piperazine rings is 1. The van der Waals surface area contributed by atoms with Crippen molar-refractivity contribution in [1.29, 1.82) is 0 Å². The largest absolute Gasteiger partial charge is 0.369 e. The number of likely N-dealkylation sites (N-methyl/N-ethyl adjacent to an activating group) is 1. The number of halogens is 1. The molecule has 0 spiro atoms. The number of non-ortho nitro benzene ring substituents is 1. The third kappa shape index (κ3) is 5.21. The third-order valence-corrected chi connectivity index (χ3v) is 6.08. The van der Waals surface area contributed by atoms with Crippen molar-refractivity contribution in [2.24, 2.45) is 0 Å². The monoisotopic (exact) mass is 422 g/mol. The highest BCUT2D eigenvalue weighted by molar-refractivity contribution is 7.16. The molecular weight excluding hydrogens is 400 g/mol. The molecule has 3 rings (SSSR count). The first-order valence-electron chi connectivity index (χ1n) is 9.20. The van der Waals surface area contributed by atoms with Crippen LogP contribution in [0.5, 0.6) is 0 Å². The molecule has 0 saturated carbocycles. The van der Waals surface area contributed by atoms with E-state index in [1.165, 1.54) is 23.5 Å². The Morgan fingerprint density at radius 1 is 1.18 bits per heavy atom. The Bertz CT molecular complexity index is 819. The number of rotatable bonds is 7. The molecule has 1 aliphatic heterocycles. The van der Waals surface area contributed by atoms with E-state index in [-0.39, 0.29) is 11.6 Å². The highest BCUT2D eigenvalue weighted by Gasteiger charge is 2.22. The molecular formula is C19H23ClN4O3S. The van der Waals surface area contributed by atoms with Gasteiger partial charge in [-0.15, -0.1) is 11.3 Å². The fourth-order valence-corrected chi connectivity index (χ4v) is 4.35. The zero-order valence-electron chi connectivity index (χ0n) is 15.7. The Morgan fingerprint density at radius 3 is 2.39 bits per heavy atom. The molecule has 1 fully saturated rings. The highest BCUT2D eigenvalue weighted by atomic mass is 35.5. The number of nitro groups is 1. The molecule has 1 saturated heterocycles. The van der Waals surface area contributed by atoms with Crippen molar-refractivity contribution in [2.75, 3.05) is 44.2 Å². The van der Waals surface area contributed by atoms with E-state index in [1.54, 1.807) is 12.1 Å². The number of benzene rings is 1. The lowest BCUT2D eigenvalue weighted by atomic mass is 10.2. The number of hydrogen-bond donors (Lipinski definition) is 0. The summed E-state index contributed by atoms with van der Waals surface area (Å²) in [5, 5.41) is 10.8. The number of carbonyl (C=O) groups is 1. The van der Waals surface area contributed by atoms with Gasteiger partial charge in [-0.05, 0) is 31.2 Å². The number of carbonyl (C=O) groups excluding carboxylic acids is 1. The van der Waals surface area contributed by atoms with Gasteiger partial charge in [0, 0.05) is 55.4 Å². The van der Waals surface area contributed by atoms with Crippen molar-refractivity contribution >= 4 is 40.2 Å². The normalized spacial score (nSPS) is 14.9. The smallest absolute Gasteiger partial charge is 0.269 e. The Morgan fingerprint density at radius 2 is 1.86 bits per heavy atom. The Kier molecular flexibility index (Phi) is 6.88. The van der Waals surface area contributed by atoms with Crippen molar-refractivity contribution in [3.05, 3.63) is 55.7 Å². The molecule has 0 bridgehead atoms. The maximum absolute atomic E-state index is 12.7. The van der Waals surface area contributed by atoms with Gasteiger partial charge in [0.05, 0.1) is 22.3 Å². The quantitative estimate of drug-likeness (QED) is 0.504. The van der Waals surface area contributed by atoms with Crippen molar-refractivity contribution in [1.82, 2.24) is 9.80 Å². The first-order chi connectivity index (χ1) is 13.5. The number of nitro benzene ring substituents is 1. The number of nitrogens with zero attached hydrogens (tertiary/aromatic N) is 4. The van der Waals surface area contributed by atoms with Crippen LogP contribution in [-0.4, -0.2) is 59.9 Å². The Hall–Kier alpha value is -2.16. The SMILES string of the molecule is CCN(Cc1ccc(Cl)s1)C(=O)CN1CCN(c2ccc([N+](=O)[O-])cc2)CC1. The molecule has 9 heteroatoms. The first kappa shape index (κ1) is 20.6. The summed E-state index contributed by atoms with van der Waals surface area (Å²) in [5.41, 5.74) is 1.07. The molecule has 2 aromatic rings. The van der Waals surface area contributed by atoms with Gasteiger partial charge in [-0.2, -0.15) is 0 Å². The number of thiophene rings is 1. The molecule has 0 unspecified atom stereocenters. The summed E-state index contributed by atoms with van der Waals surface area (Å²) in [6, 6.07) is 10.4. The fraction of sp³-hybridized carbons (Fsp3) is 0.421. The second-order valence-electron chi connectivity index (χ2n) is 6.65. The van der Waals surface area contributed by atoms with Crippen molar-refractivity contribution < 1.29 is 9.72 Å². The highest BCUT2D eigenvalue weighted by Crippen LogP contribution is 2.23. The van der Waals surface area contributed by atoms with Crippen LogP contribution in [0.1, 0.15) is 11.8 Å². The molecule has 150 valence electrons. The van der Waals surface area contributed by atoms with Crippen LogP contribution in [0.15, 0.2) is 36.4 Å². The van der Waals surface area contributed by atoms with Crippen LogP contribution >= 0.6 is 22.9 Å². The van der Waals surface area contributed by atoms with E-state index < -0.39 is 4.92 Å². The minimum absolute atomic E-state index is 0.0969. The molecule has 28 heavy (non-hydrogen) atoms. The number of hydrogen-bond acceptors (Lipinski definition) is 6. The van der Waals surface area contributed by atoms with Crippen LogP contribution in [0.2, 0.25) is 4.34 Å². The third-order valence-electron chi connectivity index (χ3n) is 4.87. The van der Waals surface area contributed by atoms with E-state index >= 15 is 0 Å². The van der Waals surface area contributed by atoms with Crippen molar-refractivity contribution in [3.8, 4) is 0 Å². The van der Waals surface area contributed by atoms with Gasteiger partial charge in [-0.25, -0.2) is 0 Å². The van der Waals surface area contributed by atoms with Crippen LogP contribution in [0.25, 0.3) is 0 Å². The zero-order chi connectivity index (χ0) is 20.1. The van der Waals surface area contributed by atoms with Gasteiger partial charge in [0.1, 0.15) is 0 Å². The molecule has 0 atom stereocenters. The van der Waals surface area contributed by atoms with Gasteiger partial charge in [0.15, 0.2) is 0 Å². The van der Waals surface area contributed by atoms with Gasteiger partial charge in [-0.1, -0.05) is 11.6 Å². The van der Waals surface area contributed by atoms with Gasteiger partial charge >= 0.3 is 0 Å². The molecule has 1 amide bonds. The summed E-state index contributed by atoms with van der Waals surface area (Å²) >= 11 is 7.48. The molecule has 0 N–H and O–H groups in total. The van der Waals surface area contributed by atoms with E-state index in [2.05, 4.69) is 9.80 Å². The van der Waals surface area contributed by atoms with Crippen LogP contribution in [0, 0.1) is 10.1 Å². The van der Waals surface area contributed by atoms with E-state index in [9.17, 15) is 14.9 Å². The molecule has 1 aromatic carbocycles. The summed E-state index contributed by atoms with van der Waals surface area (Å²) in [7, 11) is 0. The number of anilines is 1. The first-order valence-corrected chi connectivity index (χ1v) is 10.4. The maximum atomic E-state index is 12.7. The predicted octanol–water partition coefficient (Wildman–Crippen LogP) is 3.48. The summed E-state index contributed by atoms with van der Waals surface area (Å²) < 4.78 is 0.737. The summed E-state index contributed by atoms with van der Waals surface area (Å²) in [6.45, 7) is 6.79. The second kappa shape index (κ2) is 9.36. The average Bonchev–Trinajstić information content (AvgIpc) is 3.11. The van der Waals surface area contributed by atoms with Gasteiger partial charge in [-0.3, -0.25) is 19.8 Å². The lowest BCUT2D eigenvalue weighted by Crippen LogP contribution is -2.50. The van der Waals surface area contributed by atoms with E-state index in [1.807, 2.05) is 24.0 Å². The summed E-state index contributed by atoms with van der Waals surface area (Å²) in [6.07, 6.45) is 0. The minimum Gasteiger partial charge on any atom is -0.369 e. The standard InChI is InChI=1S/C19H23ClN4O3S/c1-2-22(13-17-7-8-18(20)28-17)19(25)14-21-9-11-23(12-10-21)15-3-5-16(6-4-15)24(26)27/h3-8H,2,9-14H2,1H3.